The van der Waals surface area contributed by atoms with Crippen molar-refractivity contribution in [3.8, 4) is 35.6 Å². The molecule has 2 N–H and O–H groups in total. The van der Waals surface area contributed by atoms with Crippen LogP contribution in [-0.4, -0.2) is 148 Å². The summed E-state index contributed by atoms with van der Waals surface area (Å²) >= 11 is 3.50. The fraction of sp³-hybridized carbons (Fsp3) is 0.358. The van der Waals surface area contributed by atoms with Crippen molar-refractivity contribution in [2.75, 3.05) is 63.3 Å². The largest absolute Gasteiger partial charge is 0.461 e. The fourth-order valence-corrected chi connectivity index (χ4v) is 9.17. The van der Waals surface area contributed by atoms with Crippen molar-refractivity contribution in [1.29, 1.82) is 0 Å². The number of nitrogens with zero attached hydrogens (tertiary/aromatic N) is 12. The first-order chi connectivity index (χ1) is 35.2. The molecule has 2 amide bonds. The number of likely N-dealkylation sites (N-methyl/N-ethyl adjacent to an activating group) is 2. The Kier molecular flexibility index (Phi) is 16.9. The Morgan fingerprint density at radius 3 is 1.62 bits per heavy atom. The molecule has 0 aliphatic carbocycles. The summed E-state index contributed by atoms with van der Waals surface area (Å²) in [5.41, 5.74) is 3.34. The number of carbonyl (C=O) groups is 4. The lowest BCUT2D eigenvalue weighted by atomic mass is 10.0. The summed E-state index contributed by atoms with van der Waals surface area (Å²) in [7, 11) is 3.27. The van der Waals surface area contributed by atoms with Crippen LogP contribution in [0.4, 0.5) is 11.6 Å². The Hall–Kier alpha value is -7.98. The van der Waals surface area contributed by atoms with Crippen LogP contribution in [0.3, 0.4) is 0 Å². The second-order valence-electron chi connectivity index (χ2n) is 17.4. The molecule has 2 aromatic carbocycles. The molecule has 0 saturated carbocycles. The summed E-state index contributed by atoms with van der Waals surface area (Å²) in [5, 5.41) is 29.2. The van der Waals surface area contributed by atoms with E-state index in [1.807, 2.05) is 65.3 Å². The minimum absolute atomic E-state index is 0. The van der Waals surface area contributed by atoms with Gasteiger partial charge < -0.3 is 39.3 Å². The average Bonchev–Trinajstić information content (AvgIpc) is 4.14. The second kappa shape index (κ2) is 23.3. The molecule has 4 aliphatic rings. The third-order valence-electron chi connectivity index (χ3n) is 12.6. The van der Waals surface area contributed by atoms with Gasteiger partial charge in [0.2, 0.25) is 11.2 Å². The van der Waals surface area contributed by atoms with Crippen molar-refractivity contribution in [2.24, 2.45) is 0 Å². The van der Waals surface area contributed by atoms with Gasteiger partial charge >= 0.3 is 11.9 Å². The number of amides is 2. The number of likely N-dealkylation sites (tertiary alicyclic amines) is 2. The van der Waals surface area contributed by atoms with Crippen molar-refractivity contribution in [3.05, 3.63) is 130 Å². The smallest absolute Gasteiger partial charge is 0.359 e. The van der Waals surface area contributed by atoms with E-state index in [1.54, 1.807) is 45.0 Å². The van der Waals surface area contributed by atoms with Crippen molar-refractivity contribution in [2.45, 2.75) is 71.2 Å². The van der Waals surface area contributed by atoms with Crippen molar-refractivity contribution < 1.29 is 38.9 Å². The number of anilines is 2. The lowest BCUT2D eigenvalue weighted by Gasteiger charge is -2.28. The number of hydrogen-bond acceptors (Lipinski definition) is 16. The van der Waals surface area contributed by atoms with E-state index in [4.69, 9.17) is 15.9 Å². The van der Waals surface area contributed by atoms with E-state index in [0.29, 0.717) is 63.4 Å². The third-order valence-corrected chi connectivity index (χ3v) is 13.1. The molecule has 4 aromatic heterocycles. The Balaban J connectivity index is 0.000000185. The Labute approximate surface area is 437 Å². The highest BCUT2D eigenvalue weighted by Crippen LogP contribution is 2.31. The predicted octanol–water partition coefficient (Wildman–Crippen LogP) is 4.36. The van der Waals surface area contributed by atoms with Gasteiger partial charge in [-0.3, -0.25) is 9.59 Å². The zero-order chi connectivity index (χ0) is 51.9. The lowest BCUT2D eigenvalue weighted by Crippen LogP contribution is -2.37. The van der Waals surface area contributed by atoms with Gasteiger partial charge in [-0.25, -0.2) is 38.9 Å². The molecule has 20 nitrogen and oxygen atoms in total. The summed E-state index contributed by atoms with van der Waals surface area (Å²) in [6.07, 6.45) is 13.4. The van der Waals surface area contributed by atoms with Crippen LogP contribution in [0.25, 0.3) is 11.4 Å². The molecular weight excluding hydrogens is 1010 g/mol. The number of aromatic nitrogens is 8. The molecule has 0 bridgehead atoms. The van der Waals surface area contributed by atoms with Crippen LogP contribution < -0.4 is 9.80 Å². The van der Waals surface area contributed by atoms with Gasteiger partial charge in [-0.2, -0.15) is 10.2 Å². The standard InChI is InChI=1S/C26H26N6O4.C19H18BrN5O2.C7H9NO2.CH4/c1-3-36-24(33)23-20-16-31(22-8-12-27-17-28-22)13-9-21(20)32(29-23)19-6-4-5-18(15-19)7-10-26(35)11-14-30(2)25(26)34;1-2-27-19(26)18-15-11-24(17-6-8-21-12-22-17)9-7-16(15)25(23-18)14-5-3-4-13(20)10-14;1-3-7(10)4-5-8(2)6(7)9;/h4-6,8,12,15,17,35H,3,9,11,13-14,16H2,1-2H3;3-6,8,10,12H,2,7,9,11H2,1H3;1,10H,4-5H2,2H3;1H4/t26-;;7-;/m0.0./s1. The first-order valence-corrected chi connectivity index (χ1v) is 24.4. The molecule has 4 aliphatic heterocycles. The molecule has 8 heterocycles. The SMILES string of the molecule is C.C#C[C@]1(O)CCN(C)C1=O.CCOC(=O)c1nn(-c2cccc(Br)c2)c2c1CN(c1ccncn1)CC2.CCOC(=O)c1nn(-c2cccc(C#C[C@]3(O)CCN(C)C3=O)c2)c2c1CN(c1ccncn1)CC2. The summed E-state index contributed by atoms with van der Waals surface area (Å²) < 4.78 is 15.1. The molecule has 384 valence electrons. The molecule has 2 saturated heterocycles. The van der Waals surface area contributed by atoms with E-state index in [2.05, 4.69) is 73.6 Å². The fourth-order valence-electron chi connectivity index (χ4n) is 8.78. The molecule has 2 fully saturated rings. The van der Waals surface area contributed by atoms with Gasteiger partial charge in [0.15, 0.2) is 11.4 Å². The van der Waals surface area contributed by atoms with E-state index in [9.17, 15) is 29.4 Å². The van der Waals surface area contributed by atoms with E-state index in [-0.39, 0.29) is 38.0 Å². The van der Waals surface area contributed by atoms with Gasteiger partial charge in [-0.15, -0.1) is 6.42 Å². The minimum Gasteiger partial charge on any atom is -0.461 e. The van der Waals surface area contributed by atoms with Gasteiger partial charge in [-0.1, -0.05) is 53.3 Å². The van der Waals surface area contributed by atoms with Crippen molar-refractivity contribution >= 4 is 51.3 Å². The van der Waals surface area contributed by atoms with Crippen LogP contribution in [0.5, 0.6) is 0 Å². The van der Waals surface area contributed by atoms with E-state index in [0.717, 1.165) is 63.0 Å². The number of halogens is 1. The number of carbonyl (C=O) groups excluding carboxylic acids is 4. The van der Waals surface area contributed by atoms with Gasteiger partial charge in [-0.05, 0) is 62.4 Å². The highest BCUT2D eigenvalue weighted by atomic mass is 79.9. The number of aliphatic hydroxyl groups is 2. The monoisotopic (exact) mass is 1070 g/mol. The van der Waals surface area contributed by atoms with E-state index in [1.165, 1.54) is 22.5 Å². The zero-order valence-corrected chi connectivity index (χ0v) is 42.3. The Morgan fingerprint density at radius 2 is 1.20 bits per heavy atom. The van der Waals surface area contributed by atoms with Gasteiger partial charge in [0.05, 0.1) is 36.0 Å². The van der Waals surface area contributed by atoms with Gasteiger partial charge in [0.1, 0.15) is 24.3 Å². The average molecular weight is 1070 g/mol. The Morgan fingerprint density at radius 1 is 0.716 bits per heavy atom. The molecule has 10 rings (SSSR count). The topological polar surface area (TPSA) is 227 Å². The predicted molar refractivity (Wildman–Crippen MR) is 277 cm³/mol. The minimum atomic E-state index is -1.67. The maximum atomic E-state index is 12.8. The molecule has 2 atom stereocenters. The van der Waals surface area contributed by atoms with E-state index < -0.39 is 23.1 Å². The molecule has 21 heteroatoms. The number of rotatable bonds is 8. The first-order valence-electron chi connectivity index (χ1n) is 23.6. The maximum Gasteiger partial charge on any atom is 0.359 e. The lowest BCUT2D eigenvalue weighted by molar-refractivity contribution is -0.138. The first kappa shape index (κ1) is 53.8. The normalized spacial score (nSPS) is 18.5. The highest BCUT2D eigenvalue weighted by Gasteiger charge is 2.43. The number of ether oxygens (including phenoxy) is 2. The number of benzene rings is 2. The summed E-state index contributed by atoms with van der Waals surface area (Å²) in [6, 6.07) is 18.9. The number of hydrogen-bond donors (Lipinski definition) is 2. The quantitative estimate of drug-likeness (QED) is 0.160. The Bertz CT molecular complexity index is 3130. The van der Waals surface area contributed by atoms with Crippen LogP contribution >= 0.6 is 15.9 Å². The van der Waals surface area contributed by atoms with Crippen LogP contribution in [0.1, 0.15) is 83.2 Å². The maximum absolute atomic E-state index is 12.8. The van der Waals surface area contributed by atoms with Gasteiger partial charge in [0.25, 0.3) is 11.8 Å². The van der Waals surface area contributed by atoms with E-state index >= 15 is 0 Å². The molecule has 0 spiro atoms. The van der Waals surface area contributed by atoms with Crippen molar-refractivity contribution in [3.63, 3.8) is 0 Å². The second-order valence-corrected chi connectivity index (χ2v) is 18.3. The third kappa shape index (κ3) is 11.4. The van der Waals surface area contributed by atoms with Crippen LogP contribution in [-0.2, 0) is 45.0 Å². The highest BCUT2D eigenvalue weighted by molar-refractivity contribution is 9.10. The molecule has 6 aromatic rings. The summed E-state index contributed by atoms with van der Waals surface area (Å²) in [6.45, 7) is 7.61. The van der Waals surface area contributed by atoms with Crippen LogP contribution in [0.15, 0.2) is 90.2 Å². The number of terminal acetylenes is 1. The van der Waals surface area contributed by atoms with Crippen LogP contribution in [0, 0.1) is 24.2 Å². The number of fused-ring (bicyclic) bond motifs is 2. The van der Waals surface area contributed by atoms with Crippen molar-refractivity contribution in [1.82, 2.24) is 49.3 Å². The van der Waals surface area contributed by atoms with Gasteiger partial charge in [0, 0.05) is 113 Å². The molecule has 74 heavy (non-hydrogen) atoms. The molecule has 0 radical (unpaired) electrons. The summed E-state index contributed by atoms with van der Waals surface area (Å²) in [5.74, 6) is 7.77. The summed E-state index contributed by atoms with van der Waals surface area (Å²) in [4.78, 5) is 72.3. The zero-order valence-electron chi connectivity index (χ0n) is 40.7. The number of esters is 2. The molecule has 0 unspecified atom stereocenters. The van der Waals surface area contributed by atoms with Crippen LogP contribution in [0.2, 0.25) is 0 Å². The molecular formula is C53H57BrN12O8.